The van der Waals surface area contributed by atoms with Crippen molar-refractivity contribution in [1.29, 1.82) is 0 Å². The van der Waals surface area contributed by atoms with Crippen LogP contribution in [0.4, 0.5) is 10.2 Å². The molecule has 0 bridgehead atoms. The van der Waals surface area contributed by atoms with E-state index < -0.39 is 6.17 Å². The molecule has 0 saturated carbocycles. The molecule has 1 aromatic carbocycles. The Morgan fingerprint density at radius 3 is 2.90 bits per heavy atom. The number of imidazole rings is 1. The molecule has 1 aliphatic rings. The molecule has 154 valence electrons. The van der Waals surface area contributed by atoms with Gasteiger partial charge in [0.2, 0.25) is 0 Å². The van der Waals surface area contributed by atoms with Gasteiger partial charge in [0.1, 0.15) is 17.5 Å². The van der Waals surface area contributed by atoms with Crippen LogP contribution in [-0.2, 0) is 0 Å². The molecule has 1 aliphatic heterocycles. The number of anilines is 1. The number of hydrogen-bond acceptors (Lipinski definition) is 6. The first-order valence-corrected chi connectivity index (χ1v) is 10.0. The first kappa shape index (κ1) is 18.7. The molecule has 1 saturated heterocycles. The molecular formula is C21H22FN7O. The summed E-state index contributed by atoms with van der Waals surface area (Å²) in [5.74, 6) is 0.406. The zero-order valence-electron chi connectivity index (χ0n) is 16.6. The molecule has 8 nitrogen and oxygen atoms in total. The van der Waals surface area contributed by atoms with Gasteiger partial charge in [-0.1, -0.05) is 12.1 Å². The molecule has 1 amide bonds. The lowest BCUT2D eigenvalue weighted by molar-refractivity contribution is 0.0964. The number of benzene rings is 1. The van der Waals surface area contributed by atoms with E-state index in [1.807, 2.05) is 28.7 Å². The normalized spacial score (nSPS) is 17.2. The van der Waals surface area contributed by atoms with Crippen molar-refractivity contribution in [3.05, 3.63) is 42.1 Å². The number of amides is 1. The fraction of sp³-hybridized carbons (Fsp3) is 0.333. The molecule has 3 aromatic heterocycles. The van der Waals surface area contributed by atoms with Crippen molar-refractivity contribution >= 4 is 39.6 Å². The van der Waals surface area contributed by atoms with Crippen molar-refractivity contribution in [2.75, 3.05) is 38.5 Å². The van der Waals surface area contributed by atoms with E-state index >= 15 is 0 Å². The van der Waals surface area contributed by atoms with E-state index in [4.69, 9.17) is 4.98 Å². The summed E-state index contributed by atoms with van der Waals surface area (Å²) in [5, 5.41) is 5.95. The number of fused-ring (bicyclic) bond motifs is 5. The van der Waals surface area contributed by atoms with Gasteiger partial charge in [-0.05, 0) is 24.6 Å². The summed E-state index contributed by atoms with van der Waals surface area (Å²) in [6.45, 7) is 2.68. The smallest absolute Gasteiger partial charge is 0.254 e. The number of aromatic nitrogens is 4. The highest BCUT2D eigenvalue weighted by Crippen LogP contribution is 2.25. The van der Waals surface area contributed by atoms with Gasteiger partial charge in [-0.3, -0.25) is 14.1 Å². The highest BCUT2D eigenvalue weighted by Gasteiger charge is 2.21. The van der Waals surface area contributed by atoms with E-state index in [2.05, 4.69) is 25.5 Å². The van der Waals surface area contributed by atoms with E-state index in [9.17, 15) is 9.18 Å². The van der Waals surface area contributed by atoms with Crippen LogP contribution in [0.25, 0.3) is 27.8 Å². The number of carbonyl (C=O) groups excluding carboxylic acids is 1. The zero-order valence-corrected chi connectivity index (χ0v) is 16.6. The Hall–Kier alpha value is -3.33. The minimum absolute atomic E-state index is 0.224. The van der Waals surface area contributed by atoms with Crippen LogP contribution in [-0.4, -0.2) is 69.6 Å². The second kappa shape index (κ2) is 7.49. The monoisotopic (exact) mass is 407 g/mol. The lowest BCUT2D eigenvalue weighted by Gasteiger charge is -2.15. The molecular weight excluding hydrogens is 385 g/mol. The summed E-state index contributed by atoms with van der Waals surface area (Å²) >= 11 is 0. The molecule has 1 atom stereocenters. The molecule has 1 fully saturated rings. The van der Waals surface area contributed by atoms with E-state index in [0.717, 1.165) is 24.1 Å². The Labute approximate surface area is 172 Å². The first-order chi connectivity index (χ1) is 14.6. The average molecular weight is 407 g/mol. The Morgan fingerprint density at radius 2 is 2.10 bits per heavy atom. The number of nitrogens with one attached hydrogen (secondary N) is 2. The number of pyridine rings is 1. The lowest BCUT2D eigenvalue weighted by Crippen LogP contribution is -2.27. The minimum Gasteiger partial charge on any atom is -0.367 e. The molecule has 4 heterocycles. The van der Waals surface area contributed by atoms with Crippen molar-refractivity contribution in [3.63, 3.8) is 0 Å². The third-order valence-electron chi connectivity index (χ3n) is 5.50. The summed E-state index contributed by atoms with van der Waals surface area (Å²) in [4.78, 5) is 28.5. The number of rotatable bonds is 5. The number of para-hydroxylation sites is 2. The molecule has 0 spiro atoms. The molecule has 5 rings (SSSR count). The predicted octanol–water partition coefficient (Wildman–Crippen LogP) is 2.25. The van der Waals surface area contributed by atoms with Crippen molar-refractivity contribution in [2.45, 2.75) is 12.6 Å². The van der Waals surface area contributed by atoms with Gasteiger partial charge in [0, 0.05) is 33.2 Å². The number of hydrogen-bond donors (Lipinski definition) is 2. The van der Waals surface area contributed by atoms with Gasteiger partial charge < -0.3 is 10.6 Å². The second-order valence-electron chi connectivity index (χ2n) is 7.47. The Balaban J connectivity index is 1.55. The summed E-state index contributed by atoms with van der Waals surface area (Å²) in [6.07, 6.45) is 1.54. The van der Waals surface area contributed by atoms with Crippen LogP contribution in [0.2, 0.25) is 0 Å². The molecule has 0 radical (unpaired) electrons. The van der Waals surface area contributed by atoms with Gasteiger partial charge in [-0.25, -0.2) is 19.3 Å². The quantitative estimate of drug-likeness (QED) is 0.528. The van der Waals surface area contributed by atoms with Gasteiger partial charge in [0.05, 0.1) is 22.8 Å². The summed E-state index contributed by atoms with van der Waals surface area (Å²) in [5.41, 5.74) is 3.87. The van der Waals surface area contributed by atoms with Crippen molar-refractivity contribution < 1.29 is 9.18 Å². The second-order valence-corrected chi connectivity index (χ2v) is 7.47. The number of carbonyl (C=O) groups is 1. The molecule has 4 aromatic rings. The Morgan fingerprint density at radius 1 is 1.23 bits per heavy atom. The first-order valence-electron chi connectivity index (χ1n) is 10.0. The van der Waals surface area contributed by atoms with E-state index in [1.54, 1.807) is 19.3 Å². The van der Waals surface area contributed by atoms with Crippen molar-refractivity contribution in [3.8, 4) is 0 Å². The molecule has 0 unspecified atom stereocenters. The lowest BCUT2D eigenvalue weighted by atomic mass is 10.2. The van der Waals surface area contributed by atoms with Gasteiger partial charge in [0.15, 0.2) is 11.3 Å². The number of halogens is 1. The third-order valence-corrected chi connectivity index (χ3v) is 5.50. The minimum atomic E-state index is -0.720. The average Bonchev–Trinajstić information content (AvgIpc) is 3.36. The van der Waals surface area contributed by atoms with Gasteiger partial charge >= 0.3 is 0 Å². The van der Waals surface area contributed by atoms with E-state index in [-0.39, 0.29) is 5.91 Å². The summed E-state index contributed by atoms with van der Waals surface area (Å²) < 4.78 is 15.2. The van der Waals surface area contributed by atoms with Crippen LogP contribution >= 0.6 is 0 Å². The Kier molecular flexibility index (Phi) is 4.66. The molecule has 0 aliphatic carbocycles. The largest absolute Gasteiger partial charge is 0.367 e. The maximum atomic E-state index is 13.3. The number of alkyl halides is 1. The fourth-order valence-electron chi connectivity index (χ4n) is 3.99. The molecule has 30 heavy (non-hydrogen) atoms. The fourth-order valence-corrected chi connectivity index (χ4v) is 3.99. The van der Waals surface area contributed by atoms with Crippen LogP contribution in [0.3, 0.4) is 0 Å². The zero-order chi connectivity index (χ0) is 20.7. The van der Waals surface area contributed by atoms with E-state index in [0.29, 0.717) is 47.7 Å². The molecule has 9 heteroatoms. The predicted molar refractivity (Wildman–Crippen MR) is 114 cm³/mol. The SMILES string of the molecule is CNC(=O)c1cc2ncc(NCCN3CC[C@H](F)C3)nc2n2c1nc1ccccc12. The van der Waals surface area contributed by atoms with Crippen molar-refractivity contribution in [2.24, 2.45) is 0 Å². The van der Waals surface area contributed by atoms with Crippen LogP contribution in [0, 0.1) is 0 Å². The van der Waals surface area contributed by atoms with Gasteiger partial charge in [0.25, 0.3) is 5.91 Å². The van der Waals surface area contributed by atoms with Crippen LogP contribution in [0.1, 0.15) is 16.8 Å². The maximum Gasteiger partial charge on any atom is 0.254 e. The molecule has 2 N–H and O–H groups in total. The highest BCUT2D eigenvalue weighted by atomic mass is 19.1. The Bertz CT molecular complexity index is 1250. The summed E-state index contributed by atoms with van der Waals surface area (Å²) in [6, 6.07) is 9.42. The van der Waals surface area contributed by atoms with Gasteiger partial charge in [-0.15, -0.1) is 0 Å². The maximum absolute atomic E-state index is 13.3. The number of likely N-dealkylation sites (tertiary alicyclic amines) is 1. The third kappa shape index (κ3) is 3.21. The standard InChI is InChI=1S/C21H22FN7O/c1-23-21(30)14-10-16-20(29-17-5-3-2-4-15(17)26-19(14)29)27-18(11-25-16)24-7-9-28-8-6-13(22)12-28/h2-5,10-11,13H,6-9,12H2,1H3,(H,23,30)(H,24,27)/t13-/m0/s1. The number of nitrogens with zero attached hydrogens (tertiary/aromatic N) is 5. The van der Waals surface area contributed by atoms with Gasteiger partial charge in [-0.2, -0.15) is 0 Å². The van der Waals surface area contributed by atoms with E-state index in [1.165, 1.54) is 0 Å². The van der Waals surface area contributed by atoms with Crippen LogP contribution < -0.4 is 10.6 Å². The van der Waals surface area contributed by atoms with Crippen molar-refractivity contribution in [1.82, 2.24) is 29.6 Å². The van der Waals surface area contributed by atoms with Crippen LogP contribution in [0.15, 0.2) is 36.5 Å². The van der Waals surface area contributed by atoms with Crippen LogP contribution in [0.5, 0.6) is 0 Å². The summed E-state index contributed by atoms with van der Waals surface area (Å²) in [7, 11) is 1.59. The highest BCUT2D eigenvalue weighted by molar-refractivity contribution is 6.04. The topological polar surface area (TPSA) is 87.5 Å².